The molecule has 0 aromatic heterocycles. The summed E-state index contributed by atoms with van der Waals surface area (Å²) < 4.78 is 0. The highest BCUT2D eigenvalue weighted by Crippen LogP contribution is 2.23. The smallest absolute Gasteiger partial charge is 0.0718 e. The number of hydrogen-bond acceptors (Lipinski definition) is 4. The molecule has 0 spiro atoms. The predicted molar refractivity (Wildman–Crippen MR) is 83.7 cm³/mol. The molecule has 1 heterocycles. The highest BCUT2D eigenvalue weighted by Gasteiger charge is 2.26. The third kappa shape index (κ3) is 5.32. The fraction of sp³-hybridized carbons (Fsp3) is 1.00. The zero-order chi connectivity index (χ0) is 14.6. The molecule has 0 aromatic rings. The van der Waals surface area contributed by atoms with Crippen molar-refractivity contribution in [3.8, 4) is 0 Å². The first-order valence-electron chi connectivity index (χ1n) is 8.37. The summed E-state index contributed by atoms with van der Waals surface area (Å²) in [4.78, 5) is 4.96. The van der Waals surface area contributed by atoms with Crippen LogP contribution in [-0.4, -0.2) is 65.8 Å². The third-order valence-electron chi connectivity index (χ3n) is 4.79. The Morgan fingerprint density at radius 3 is 2.25 bits per heavy atom. The second-order valence-electron chi connectivity index (χ2n) is 7.45. The van der Waals surface area contributed by atoms with Crippen LogP contribution >= 0.6 is 0 Å². The van der Waals surface area contributed by atoms with Crippen LogP contribution in [0.4, 0.5) is 0 Å². The van der Waals surface area contributed by atoms with Gasteiger partial charge in [-0.1, -0.05) is 19.3 Å². The first kappa shape index (κ1) is 16.2. The largest absolute Gasteiger partial charge is 0.389 e. The van der Waals surface area contributed by atoms with Gasteiger partial charge in [0.25, 0.3) is 0 Å². The van der Waals surface area contributed by atoms with E-state index < -0.39 is 5.60 Å². The average molecular weight is 283 g/mol. The molecular formula is C16H33N3O. The fourth-order valence-corrected chi connectivity index (χ4v) is 3.65. The van der Waals surface area contributed by atoms with Gasteiger partial charge in [-0.15, -0.1) is 0 Å². The van der Waals surface area contributed by atoms with Crippen molar-refractivity contribution in [2.24, 2.45) is 11.7 Å². The Bertz CT molecular complexity index is 282. The zero-order valence-corrected chi connectivity index (χ0v) is 13.4. The lowest BCUT2D eigenvalue weighted by Gasteiger charge is -2.39. The SMILES string of the molecule is CC(C)(O)CN1CCN(CC2CCCCCC2N)CC1. The summed E-state index contributed by atoms with van der Waals surface area (Å²) >= 11 is 0. The maximum absolute atomic E-state index is 9.89. The molecule has 4 heteroatoms. The summed E-state index contributed by atoms with van der Waals surface area (Å²) in [6.07, 6.45) is 6.56. The second-order valence-corrected chi connectivity index (χ2v) is 7.45. The molecular weight excluding hydrogens is 250 g/mol. The number of β-amino-alcohol motifs (C(OH)–C–C–N with tert-alkyl or cyclic N) is 1. The summed E-state index contributed by atoms with van der Waals surface area (Å²) in [5.41, 5.74) is 5.76. The predicted octanol–water partition coefficient (Wildman–Crippen LogP) is 1.28. The lowest BCUT2D eigenvalue weighted by atomic mass is 9.94. The summed E-state index contributed by atoms with van der Waals surface area (Å²) in [5, 5.41) is 9.89. The van der Waals surface area contributed by atoms with Crippen molar-refractivity contribution in [1.29, 1.82) is 0 Å². The molecule has 2 rings (SSSR count). The Morgan fingerprint density at radius 2 is 1.60 bits per heavy atom. The summed E-state index contributed by atoms with van der Waals surface area (Å²) in [6.45, 7) is 10.1. The minimum Gasteiger partial charge on any atom is -0.389 e. The molecule has 2 aliphatic rings. The van der Waals surface area contributed by atoms with Gasteiger partial charge in [0.05, 0.1) is 5.60 Å². The van der Waals surface area contributed by atoms with E-state index in [2.05, 4.69) is 9.80 Å². The quantitative estimate of drug-likeness (QED) is 0.763. The second kappa shape index (κ2) is 7.21. The van der Waals surface area contributed by atoms with Gasteiger partial charge in [0.1, 0.15) is 0 Å². The molecule has 0 bridgehead atoms. The van der Waals surface area contributed by atoms with Gasteiger partial charge in [0.2, 0.25) is 0 Å². The molecule has 1 saturated heterocycles. The fourth-order valence-electron chi connectivity index (χ4n) is 3.65. The molecule has 0 aromatic carbocycles. The Hall–Kier alpha value is -0.160. The van der Waals surface area contributed by atoms with E-state index in [1.807, 2.05) is 13.8 Å². The number of nitrogens with zero attached hydrogens (tertiary/aromatic N) is 2. The van der Waals surface area contributed by atoms with Crippen molar-refractivity contribution in [1.82, 2.24) is 9.80 Å². The van der Waals surface area contributed by atoms with E-state index in [1.165, 1.54) is 38.6 Å². The molecule has 118 valence electrons. The highest BCUT2D eigenvalue weighted by atomic mass is 16.3. The molecule has 2 fully saturated rings. The van der Waals surface area contributed by atoms with E-state index in [4.69, 9.17) is 5.73 Å². The van der Waals surface area contributed by atoms with Gasteiger partial charge in [0.15, 0.2) is 0 Å². The van der Waals surface area contributed by atoms with E-state index >= 15 is 0 Å². The first-order valence-corrected chi connectivity index (χ1v) is 8.37. The molecule has 3 N–H and O–H groups in total. The number of hydrogen-bond donors (Lipinski definition) is 2. The van der Waals surface area contributed by atoms with E-state index in [0.717, 1.165) is 32.7 Å². The van der Waals surface area contributed by atoms with Crippen LogP contribution in [0, 0.1) is 5.92 Å². The monoisotopic (exact) mass is 283 g/mol. The Labute approximate surface area is 124 Å². The lowest BCUT2D eigenvalue weighted by molar-refractivity contribution is 0.0150. The molecule has 1 aliphatic heterocycles. The van der Waals surface area contributed by atoms with Gasteiger partial charge in [0, 0.05) is 45.3 Å². The van der Waals surface area contributed by atoms with Crippen molar-refractivity contribution in [2.75, 3.05) is 39.3 Å². The summed E-state index contributed by atoms with van der Waals surface area (Å²) in [6, 6.07) is 0.409. The average Bonchev–Trinajstić information content (AvgIpc) is 2.56. The molecule has 0 amide bonds. The standard InChI is InChI=1S/C16H33N3O/c1-16(2,20)13-19-10-8-18(9-11-19)12-14-6-4-3-5-7-15(14)17/h14-15,20H,3-13,17H2,1-2H3. The van der Waals surface area contributed by atoms with Crippen molar-refractivity contribution >= 4 is 0 Å². The minimum absolute atomic E-state index is 0.409. The zero-order valence-electron chi connectivity index (χ0n) is 13.4. The van der Waals surface area contributed by atoms with Crippen LogP contribution in [0.25, 0.3) is 0 Å². The van der Waals surface area contributed by atoms with E-state index in [0.29, 0.717) is 12.0 Å². The highest BCUT2D eigenvalue weighted by molar-refractivity contribution is 4.83. The van der Waals surface area contributed by atoms with Gasteiger partial charge in [-0.05, 0) is 32.6 Å². The maximum Gasteiger partial charge on any atom is 0.0718 e. The summed E-state index contributed by atoms with van der Waals surface area (Å²) in [5.74, 6) is 0.693. The molecule has 1 aliphatic carbocycles. The van der Waals surface area contributed by atoms with Gasteiger partial charge < -0.3 is 15.7 Å². The summed E-state index contributed by atoms with van der Waals surface area (Å²) in [7, 11) is 0. The first-order chi connectivity index (χ1) is 9.44. The van der Waals surface area contributed by atoms with Crippen LogP contribution in [0.3, 0.4) is 0 Å². The van der Waals surface area contributed by atoms with Crippen LogP contribution in [0.5, 0.6) is 0 Å². The third-order valence-corrected chi connectivity index (χ3v) is 4.79. The number of rotatable bonds is 4. The van der Waals surface area contributed by atoms with Crippen molar-refractivity contribution in [3.05, 3.63) is 0 Å². The van der Waals surface area contributed by atoms with E-state index in [-0.39, 0.29) is 0 Å². The molecule has 20 heavy (non-hydrogen) atoms. The Balaban J connectivity index is 1.73. The van der Waals surface area contributed by atoms with E-state index in [9.17, 15) is 5.11 Å². The molecule has 4 nitrogen and oxygen atoms in total. The topological polar surface area (TPSA) is 52.7 Å². The number of nitrogens with two attached hydrogens (primary N) is 1. The van der Waals surface area contributed by atoms with Gasteiger partial charge in [-0.2, -0.15) is 0 Å². The van der Waals surface area contributed by atoms with Crippen LogP contribution in [-0.2, 0) is 0 Å². The maximum atomic E-state index is 9.89. The number of piperazine rings is 1. The van der Waals surface area contributed by atoms with Crippen LogP contribution < -0.4 is 5.73 Å². The van der Waals surface area contributed by atoms with Gasteiger partial charge in [-0.25, -0.2) is 0 Å². The van der Waals surface area contributed by atoms with E-state index in [1.54, 1.807) is 0 Å². The molecule has 1 saturated carbocycles. The van der Waals surface area contributed by atoms with Crippen LogP contribution in [0.15, 0.2) is 0 Å². The molecule has 2 unspecified atom stereocenters. The lowest BCUT2D eigenvalue weighted by Crippen LogP contribution is -2.52. The molecule has 2 atom stereocenters. The normalized spacial score (nSPS) is 31.2. The van der Waals surface area contributed by atoms with Gasteiger partial charge >= 0.3 is 0 Å². The van der Waals surface area contributed by atoms with Crippen LogP contribution in [0.1, 0.15) is 46.0 Å². The van der Waals surface area contributed by atoms with Crippen molar-refractivity contribution < 1.29 is 5.11 Å². The Kier molecular flexibility index (Phi) is 5.84. The van der Waals surface area contributed by atoms with Crippen molar-refractivity contribution in [2.45, 2.75) is 57.6 Å². The van der Waals surface area contributed by atoms with Crippen LogP contribution in [0.2, 0.25) is 0 Å². The minimum atomic E-state index is -0.578. The van der Waals surface area contributed by atoms with Crippen molar-refractivity contribution in [3.63, 3.8) is 0 Å². The number of aliphatic hydroxyl groups is 1. The van der Waals surface area contributed by atoms with Gasteiger partial charge in [-0.3, -0.25) is 4.90 Å². The Morgan fingerprint density at radius 1 is 1.00 bits per heavy atom. The molecule has 0 radical (unpaired) electrons.